The molecule has 1 unspecified atom stereocenters. The minimum atomic E-state index is -0.436. The van der Waals surface area contributed by atoms with Gasteiger partial charge >= 0.3 is 0 Å². The molecular formula is C30H33N3O4. The van der Waals surface area contributed by atoms with Crippen molar-refractivity contribution in [3.05, 3.63) is 95.2 Å². The van der Waals surface area contributed by atoms with Crippen LogP contribution in [-0.2, 0) is 11.8 Å². The summed E-state index contributed by atoms with van der Waals surface area (Å²) in [6.07, 6.45) is 4.26. The fourth-order valence-corrected chi connectivity index (χ4v) is 5.02. The standard InChI is InChI=1S/C30H33N3O4/c1-6-33-25-16-15-23(35-3)19-24(25)30(2,20-22-13-10-14-26(36-4)28(22)37-5)27(33)17-18-31-32-29(34)21-11-8-7-9-12-21/h7-19H,6,20H2,1-5H3,(H,32,34)/b27-17-,31-18+. The maximum atomic E-state index is 12.4. The molecule has 0 aromatic heterocycles. The van der Waals surface area contributed by atoms with Gasteiger partial charge in [0.25, 0.3) is 5.91 Å². The first kappa shape index (κ1) is 25.8. The van der Waals surface area contributed by atoms with Gasteiger partial charge in [-0.3, -0.25) is 4.79 Å². The van der Waals surface area contributed by atoms with Crippen LogP contribution in [0, 0.1) is 0 Å². The van der Waals surface area contributed by atoms with Crippen molar-refractivity contribution >= 4 is 17.8 Å². The number of allylic oxidation sites excluding steroid dienone is 2. The molecule has 0 spiro atoms. The zero-order valence-electron chi connectivity index (χ0n) is 21.9. The summed E-state index contributed by atoms with van der Waals surface area (Å²) in [5, 5.41) is 4.21. The van der Waals surface area contributed by atoms with Gasteiger partial charge in [0.1, 0.15) is 5.75 Å². The number of carbonyl (C=O) groups excluding carboxylic acids is 1. The predicted octanol–water partition coefficient (Wildman–Crippen LogP) is 5.35. The first-order valence-corrected chi connectivity index (χ1v) is 12.2. The average molecular weight is 500 g/mol. The van der Waals surface area contributed by atoms with Crippen molar-refractivity contribution in [2.24, 2.45) is 5.10 Å². The van der Waals surface area contributed by atoms with Crippen LogP contribution in [0.1, 0.15) is 35.3 Å². The minimum absolute atomic E-state index is 0.258. The molecule has 0 saturated carbocycles. The van der Waals surface area contributed by atoms with Crippen LogP contribution in [0.5, 0.6) is 17.2 Å². The molecule has 1 aliphatic heterocycles. The molecule has 7 nitrogen and oxygen atoms in total. The second kappa shape index (κ2) is 11.2. The van der Waals surface area contributed by atoms with Gasteiger partial charge < -0.3 is 19.1 Å². The summed E-state index contributed by atoms with van der Waals surface area (Å²) in [7, 11) is 4.98. The lowest BCUT2D eigenvalue weighted by Gasteiger charge is -2.30. The van der Waals surface area contributed by atoms with Gasteiger partial charge in [0.2, 0.25) is 0 Å². The monoisotopic (exact) mass is 499 g/mol. The second-order valence-corrected chi connectivity index (χ2v) is 8.93. The van der Waals surface area contributed by atoms with Crippen LogP contribution in [0.15, 0.2) is 83.6 Å². The van der Waals surface area contributed by atoms with Crippen molar-refractivity contribution in [3.8, 4) is 17.2 Å². The summed E-state index contributed by atoms with van der Waals surface area (Å²) in [4.78, 5) is 14.7. The Morgan fingerprint density at radius 1 is 1.00 bits per heavy atom. The van der Waals surface area contributed by atoms with Crippen molar-refractivity contribution in [1.29, 1.82) is 0 Å². The summed E-state index contributed by atoms with van der Waals surface area (Å²) in [5.41, 5.74) is 7.07. The maximum Gasteiger partial charge on any atom is 0.271 e. The van der Waals surface area contributed by atoms with E-state index in [9.17, 15) is 4.79 Å². The molecule has 37 heavy (non-hydrogen) atoms. The van der Waals surface area contributed by atoms with Crippen molar-refractivity contribution < 1.29 is 19.0 Å². The normalized spacial score (nSPS) is 17.6. The zero-order valence-corrected chi connectivity index (χ0v) is 21.9. The number of likely N-dealkylation sites (N-methyl/N-ethyl adjacent to an activating group) is 1. The fraction of sp³-hybridized carbons (Fsp3) is 0.267. The molecule has 0 saturated heterocycles. The lowest BCUT2D eigenvalue weighted by molar-refractivity contribution is 0.0955. The van der Waals surface area contributed by atoms with Crippen LogP contribution in [0.4, 0.5) is 5.69 Å². The molecule has 3 aromatic carbocycles. The SMILES string of the molecule is CCN1/C(=C\C=N\NC(=O)c2ccccc2)C(C)(Cc2cccc(OC)c2OC)c2cc(OC)ccc21. The smallest absolute Gasteiger partial charge is 0.271 e. The number of nitrogens with one attached hydrogen (secondary N) is 1. The largest absolute Gasteiger partial charge is 0.497 e. The lowest BCUT2D eigenvalue weighted by Crippen LogP contribution is -2.31. The highest BCUT2D eigenvalue weighted by Gasteiger charge is 2.44. The van der Waals surface area contributed by atoms with Gasteiger partial charge in [-0.25, -0.2) is 5.43 Å². The highest BCUT2D eigenvalue weighted by molar-refractivity contribution is 5.94. The highest BCUT2D eigenvalue weighted by atomic mass is 16.5. The van der Waals surface area contributed by atoms with Gasteiger partial charge in [-0.05, 0) is 73.9 Å². The van der Waals surface area contributed by atoms with Crippen LogP contribution in [-0.4, -0.2) is 40.0 Å². The number of hydrogen-bond donors (Lipinski definition) is 1. The van der Waals surface area contributed by atoms with Crippen LogP contribution >= 0.6 is 0 Å². The van der Waals surface area contributed by atoms with Crippen molar-refractivity contribution in [1.82, 2.24) is 5.43 Å². The summed E-state index contributed by atoms with van der Waals surface area (Å²) in [6.45, 7) is 5.09. The van der Waals surface area contributed by atoms with Gasteiger partial charge in [-0.2, -0.15) is 5.10 Å². The van der Waals surface area contributed by atoms with E-state index in [0.29, 0.717) is 23.5 Å². The Labute approximate surface area is 218 Å². The molecule has 192 valence electrons. The Bertz CT molecular complexity index is 1320. The summed E-state index contributed by atoms with van der Waals surface area (Å²) in [5.74, 6) is 1.94. The first-order valence-electron chi connectivity index (χ1n) is 12.2. The van der Waals surface area contributed by atoms with E-state index in [0.717, 1.165) is 34.8 Å². The van der Waals surface area contributed by atoms with E-state index < -0.39 is 5.41 Å². The lowest BCUT2D eigenvalue weighted by atomic mass is 9.76. The van der Waals surface area contributed by atoms with E-state index in [4.69, 9.17) is 14.2 Å². The van der Waals surface area contributed by atoms with Crippen LogP contribution in [0.25, 0.3) is 0 Å². The Morgan fingerprint density at radius 3 is 2.46 bits per heavy atom. The van der Waals surface area contributed by atoms with Gasteiger partial charge in [-0.1, -0.05) is 30.3 Å². The zero-order chi connectivity index (χ0) is 26.4. The Balaban J connectivity index is 1.75. The molecular weight excluding hydrogens is 466 g/mol. The van der Waals surface area contributed by atoms with Crippen molar-refractivity contribution in [2.75, 3.05) is 32.8 Å². The number of ether oxygens (including phenoxy) is 3. The number of hydrazone groups is 1. The van der Waals surface area contributed by atoms with Crippen molar-refractivity contribution in [2.45, 2.75) is 25.7 Å². The number of rotatable bonds is 9. The number of carbonyl (C=O) groups is 1. The van der Waals surface area contributed by atoms with E-state index in [1.807, 2.05) is 42.5 Å². The van der Waals surface area contributed by atoms with Crippen LogP contribution in [0.3, 0.4) is 0 Å². The Morgan fingerprint density at radius 2 is 1.78 bits per heavy atom. The number of hydrogen-bond acceptors (Lipinski definition) is 6. The average Bonchev–Trinajstić information content (AvgIpc) is 3.17. The highest BCUT2D eigenvalue weighted by Crippen LogP contribution is 2.51. The molecule has 0 radical (unpaired) electrons. The van der Waals surface area contributed by atoms with E-state index in [1.54, 1.807) is 39.7 Å². The third kappa shape index (κ3) is 5.03. The van der Waals surface area contributed by atoms with Crippen LogP contribution in [0.2, 0.25) is 0 Å². The molecule has 0 bridgehead atoms. The molecule has 1 N–H and O–H groups in total. The van der Waals surface area contributed by atoms with E-state index in [-0.39, 0.29) is 5.91 Å². The maximum absolute atomic E-state index is 12.4. The molecule has 4 rings (SSSR count). The van der Waals surface area contributed by atoms with Gasteiger partial charge in [0, 0.05) is 35.1 Å². The second-order valence-electron chi connectivity index (χ2n) is 8.93. The number of nitrogens with zero attached hydrogens (tertiary/aromatic N) is 2. The summed E-state index contributed by atoms with van der Waals surface area (Å²) < 4.78 is 16.9. The molecule has 3 aromatic rings. The molecule has 0 fully saturated rings. The minimum Gasteiger partial charge on any atom is -0.497 e. The number of anilines is 1. The molecule has 0 aliphatic carbocycles. The number of fused-ring (bicyclic) bond motifs is 1. The predicted molar refractivity (Wildman–Crippen MR) is 147 cm³/mol. The van der Waals surface area contributed by atoms with Crippen molar-refractivity contribution in [3.63, 3.8) is 0 Å². The van der Waals surface area contributed by atoms with E-state index in [2.05, 4.69) is 47.5 Å². The number of benzene rings is 3. The molecule has 7 heteroatoms. The summed E-state index contributed by atoms with van der Waals surface area (Å²) in [6, 6.07) is 21.1. The van der Waals surface area contributed by atoms with E-state index >= 15 is 0 Å². The first-order chi connectivity index (χ1) is 18.0. The fourth-order valence-electron chi connectivity index (χ4n) is 5.02. The third-order valence-corrected chi connectivity index (χ3v) is 6.80. The van der Waals surface area contributed by atoms with E-state index in [1.165, 1.54) is 0 Å². The van der Waals surface area contributed by atoms with Gasteiger partial charge in [0.05, 0.1) is 21.3 Å². The molecule has 1 atom stereocenters. The van der Waals surface area contributed by atoms with Gasteiger partial charge in [0.15, 0.2) is 11.5 Å². The van der Waals surface area contributed by atoms with Gasteiger partial charge in [-0.15, -0.1) is 0 Å². The molecule has 1 heterocycles. The summed E-state index contributed by atoms with van der Waals surface area (Å²) >= 11 is 0. The number of amides is 1. The molecule has 1 aliphatic rings. The topological polar surface area (TPSA) is 72.4 Å². The van der Waals surface area contributed by atoms with Crippen LogP contribution < -0.4 is 24.5 Å². The Hall–Kier alpha value is -4.26. The Kier molecular flexibility index (Phi) is 7.82. The number of para-hydroxylation sites is 1. The molecule has 1 amide bonds. The number of methoxy groups -OCH3 is 3. The quantitative estimate of drug-likeness (QED) is 0.317. The third-order valence-electron chi connectivity index (χ3n) is 6.80.